The van der Waals surface area contributed by atoms with Crippen LogP contribution in [-0.4, -0.2) is 53.3 Å². The highest BCUT2D eigenvalue weighted by Gasteiger charge is 2.60. The van der Waals surface area contributed by atoms with E-state index >= 15 is 0 Å². The lowest BCUT2D eigenvalue weighted by atomic mass is 9.88. The molecule has 4 aromatic heterocycles. The van der Waals surface area contributed by atoms with Gasteiger partial charge in [-0.1, -0.05) is 16.8 Å². The topological polar surface area (TPSA) is 106 Å². The van der Waals surface area contributed by atoms with Crippen molar-refractivity contribution < 1.29 is 31.1 Å². The van der Waals surface area contributed by atoms with E-state index in [1.165, 1.54) is 6.07 Å². The zero-order valence-corrected chi connectivity index (χ0v) is 18.6. The molecule has 0 spiro atoms. The Kier molecular flexibility index (Phi) is 5.14. The van der Waals surface area contributed by atoms with Gasteiger partial charge in [-0.25, -0.2) is 24.0 Å². The van der Waals surface area contributed by atoms with E-state index < -0.39 is 53.1 Å². The summed E-state index contributed by atoms with van der Waals surface area (Å²) in [6, 6.07) is 0.714. The number of nitrogens with zero attached hydrogens (tertiary/aromatic N) is 8. The molecule has 10 nitrogen and oxygen atoms in total. The van der Waals surface area contributed by atoms with Crippen LogP contribution >= 0.6 is 11.6 Å². The minimum absolute atomic E-state index is 0.0270. The van der Waals surface area contributed by atoms with Crippen molar-refractivity contribution in [3.63, 3.8) is 0 Å². The number of hydrogen-bond acceptors (Lipinski definition) is 6. The largest absolute Gasteiger partial charge is 0.420 e. The van der Waals surface area contributed by atoms with Gasteiger partial charge in [0.05, 0.1) is 41.9 Å². The minimum atomic E-state index is -4.89. The highest BCUT2D eigenvalue weighted by atomic mass is 35.5. The Morgan fingerprint density at radius 2 is 1.89 bits per heavy atom. The average Bonchev–Trinajstić information content (AvgIpc) is 3.50. The van der Waals surface area contributed by atoms with Crippen molar-refractivity contribution in [2.45, 2.75) is 24.7 Å². The van der Waals surface area contributed by atoms with Crippen LogP contribution in [0.1, 0.15) is 18.2 Å². The molecule has 4 aromatic rings. The fraction of sp³-hybridized carbons (Fsp3) is 0.263. The van der Waals surface area contributed by atoms with Crippen molar-refractivity contribution in [1.82, 2.24) is 34.6 Å². The van der Waals surface area contributed by atoms with E-state index in [4.69, 9.17) is 11.6 Å². The van der Waals surface area contributed by atoms with Crippen LogP contribution in [-0.2, 0) is 11.6 Å². The van der Waals surface area contributed by atoms with Gasteiger partial charge in [-0.2, -0.15) is 31.4 Å². The zero-order valence-electron chi connectivity index (χ0n) is 17.8. The van der Waals surface area contributed by atoms with Gasteiger partial charge in [-0.05, 0) is 13.0 Å². The van der Waals surface area contributed by atoms with Crippen molar-refractivity contribution in [2.75, 3.05) is 16.8 Å². The number of amides is 2. The maximum atomic E-state index is 14.2. The number of anilines is 2. The molecular formula is C19H12ClF6N9O. The van der Waals surface area contributed by atoms with Crippen LogP contribution in [0.3, 0.4) is 0 Å². The number of alkyl halides is 6. The lowest BCUT2D eigenvalue weighted by Gasteiger charge is -2.28. The van der Waals surface area contributed by atoms with Crippen molar-refractivity contribution in [2.24, 2.45) is 0 Å². The van der Waals surface area contributed by atoms with E-state index in [0.29, 0.717) is 6.07 Å². The summed E-state index contributed by atoms with van der Waals surface area (Å²) >= 11 is 5.84. The van der Waals surface area contributed by atoms with Crippen LogP contribution in [0.5, 0.6) is 0 Å². The van der Waals surface area contributed by atoms with Crippen LogP contribution < -0.4 is 10.2 Å². The Balaban J connectivity index is 1.54. The predicted octanol–water partition coefficient (Wildman–Crippen LogP) is 4.25. The molecule has 0 saturated heterocycles. The van der Waals surface area contributed by atoms with Gasteiger partial charge in [0, 0.05) is 12.6 Å². The first kappa shape index (κ1) is 23.8. The van der Waals surface area contributed by atoms with Crippen LogP contribution in [0.4, 0.5) is 42.5 Å². The van der Waals surface area contributed by atoms with Crippen molar-refractivity contribution in [1.29, 1.82) is 0 Å². The molecule has 2 amide bonds. The molecule has 17 heteroatoms. The first-order chi connectivity index (χ1) is 16.8. The van der Waals surface area contributed by atoms with Gasteiger partial charge >= 0.3 is 18.4 Å². The molecule has 0 radical (unpaired) electrons. The number of fused-ring (bicyclic) bond motifs is 3. The fourth-order valence-electron chi connectivity index (χ4n) is 3.92. The van der Waals surface area contributed by atoms with Crippen LogP contribution in [0.25, 0.3) is 11.5 Å². The van der Waals surface area contributed by atoms with E-state index in [1.54, 1.807) is 0 Å². The summed E-state index contributed by atoms with van der Waals surface area (Å²) in [5.74, 6) is -0.601. The second-order valence-corrected chi connectivity index (χ2v) is 8.40. The lowest BCUT2D eigenvalue weighted by Crippen LogP contribution is -2.46. The summed E-state index contributed by atoms with van der Waals surface area (Å²) in [6.07, 6.45) is -5.46. The van der Waals surface area contributed by atoms with Gasteiger partial charge in [0.15, 0.2) is 16.6 Å². The van der Waals surface area contributed by atoms with Gasteiger partial charge in [-0.15, -0.1) is 5.10 Å². The number of pyridine rings is 1. The van der Waals surface area contributed by atoms with Gasteiger partial charge in [-0.3, -0.25) is 4.90 Å². The number of rotatable bonds is 2. The molecule has 5 rings (SSSR count). The maximum Gasteiger partial charge on any atom is 0.420 e. The predicted molar refractivity (Wildman–Crippen MR) is 112 cm³/mol. The summed E-state index contributed by atoms with van der Waals surface area (Å²) in [5, 5.41) is 12.8. The van der Waals surface area contributed by atoms with Crippen LogP contribution in [0.2, 0.25) is 5.15 Å². The SMILES string of the molecule is C[C@@]1(C(F)(F)F)CN(C(=O)Nc2cnc(-n3ccnn3)c(C(F)(F)F)c2)c2cnc3cc(Cl)nn3c21. The number of hydrogen-bond donors (Lipinski definition) is 1. The monoisotopic (exact) mass is 531 g/mol. The van der Waals surface area contributed by atoms with Crippen LogP contribution in [0, 0.1) is 0 Å². The number of urea groups is 1. The molecule has 0 aromatic carbocycles. The second-order valence-electron chi connectivity index (χ2n) is 8.02. The average molecular weight is 532 g/mol. The summed E-state index contributed by atoms with van der Waals surface area (Å²) < 4.78 is 85.2. The van der Waals surface area contributed by atoms with Crippen molar-refractivity contribution in [3.8, 4) is 5.82 Å². The highest BCUT2D eigenvalue weighted by Crippen LogP contribution is 2.50. The summed E-state index contributed by atoms with van der Waals surface area (Å²) in [7, 11) is 0. The lowest BCUT2D eigenvalue weighted by molar-refractivity contribution is -0.181. The zero-order chi connectivity index (χ0) is 26.0. The van der Waals surface area contributed by atoms with E-state index in [0.717, 1.165) is 45.8 Å². The normalized spacial score (nSPS) is 18.1. The molecule has 1 atom stereocenters. The number of halogens is 7. The Hall–Kier alpha value is -3.95. The fourth-order valence-corrected chi connectivity index (χ4v) is 4.09. The molecule has 5 heterocycles. The second kappa shape index (κ2) is 7.78. The van der Waals surface area contributed by atoms with E-state index in [2.05, 4.69) is 30.7 Å². The third-order valence-corrected chi connectivity index (χ3v) is 5.84. The van der Waals surface area contributed by atoms with Gasteiger partial charge in [0.2, 0.25) is 0 Å². The Labute approximate surface area is 201 Å². The highest BCUT2D eigenvalue weighted by molar-refractivity contribution is 6.29. The Bertz CT molecular complexity index is 1480. The molecule has 1 N–H and O–H groups in total. The molecule has 0 aliphatic carbocycles. The van der Waals surface area contributed by atoms with Gasteiger partial charge < -0.3 is 5.32 Å². The molecule has 36 heavy (non-hydrogen) atoms. The quantitative estimate of drug-likeness (QED) is 0.388. The molecule has 1 aliphatic rings. The Morgan fingerprint density at radius 3 is 2.53 bits per heavy atom. The number of nitrogens with one attached hydrogen (secondary N) is 1. The molecule has 1 aliphatic heterocycles. The van der Waals surface area contributed by atoms with Gasteiger partial charge in [0.1, 0.15) is 11.0 Å². The number of carbonyl (C=O) groups excluding carboxylic acids is 1. The first-order valence-corrected chi connectivity index (χ1v) is 10.3. The van der Waals surface area contributed by atoms with E-state index in [9.17, 15) is 31.1 Å². The third kappa shape index (κ3) is 3.68. The van der Waals surface area contributed by atoms with Crippen molar-refractivity contribution >= 4 is 34.7 Å². The third-order valence-electron chi connectivity index (χ3n) is 5.66. The summed E-state index contributed by atoms with van der Waals surface area (Å²) in [4.78, 5) is 21.5. The summed E-state index contributed by atoms with van der Waals surface area (Å²) in [5.41, 5.74) is -4.83. The maximum absolute atomic E-state index is 14.2. The molecule has 0 saturated carbocycles. The first-order valence-electron chi connectivity index (χ1n) is 9.93. The minimum Gasteiger partial charge on any atom is -0.306 e. The molecule has 0 unspecified atom stereocenters. The molecule has 0 bridgehead atoms. The van der Waals surface area contributed by atoms with Crippen LogP contribution in [0.15, 0.2) is 36.9 Å². The van der Waals surface area contributed by atoms with E-state index in [1.807, 2.05) is 0 Å². The van der Waals surface area contributed by atoms with E-state index in [-0.39, 0.29) is 16.5 Å². The molecule has 188 valence electrons. The smallest absolute Gasteiger partial charge is 0.306 e. The summed E-state index contributed by atoms with van der Waals surface area (Å²) in [6.45, 7) is -0.00308. The number of carbonyl (C=O) groups is 1. The Morgan fingerprint density at radius 1 is 1.14 bits per heavy atom. The molecular weight excluding hydrogens is 520 g/mol. The van der Waals surface area contributed by atoms with Crippen molar-refractivity contribution in [3.05, 3.63) is 53.3 Å². The van der Waals surface area contributed by atoms with Gasteiger partial charge in [0.25, 0.3) is 0 Å². The number of aromatic nitrogens is 7. The molecule has 0 fully saturated rings. The standard InChI is InChI=1S/C19H12ClF6N9O/c1-17(19(24,25)26)8-33(11-7-27-13-5-12(20)31-35(13)14(11)17)16(36)30-9-4-10(18(21,22)23)15(28-6-9)34-3-2-29-32-34/h2-7H,8H2,1H3,(H,30,36)/t17-/m1/s1.